The lowest BCUT2D eigenvalue weighted by Crippen LogP contribution is -1.91. The molecule has 6 nitrogen and oxygen atoms in total. The second-order valence-corrected chi connectivity index (χ2v) is 5.64. The number of imidazole rings is 1. The van der Waals surface area contributed by atoms with Crippen LogP contribution in [-0.2, 0) is 0 Å². The standard InChI is InChI=1S/C18H12FN3O3/c1-10-8-13-15(9-14(10)22(23)24)25-17(11-2-4-12(19)5-3-11)16(13)18-20-6-7-21-18/h2-9H,1H3,(H,20,21). The fourth-order valence-corrected chi connectivity index (χ4v) is 2.88. The molecular weight excluding hydrogens is 325 g/mol. The molecule has 25 heavy (non-hydrogen) atoms. The molecule has 0 aliphatic carbocycles. The Morgan fingerprint density at radius 2 is 2.00 bits per heavy atom. The van der Waals surface area contributed by atoms with Crippen molar-refractivity contribution in [1.29, 1.82) is 0 Å². The van der Waals surface area contributed by atoms with Crippen LogP contribution in [0.3, 0.4) is 0 Å². The van der Waals surface area contributed by atoms with Crippen molar-refractivity contribution >= 4 is 16.7 Å². The Balaban J connectivity index is 2.06. The van der Waals surface area contributed by atoms with E-state index in [9.17, 15) is 14.5 Å². The number of aromatic nitrogens is 2. The van der Waals surface area contributed by atoms with E-state index in [1.165, 1.54) is 18.2 Å². The van der Waals surface area contributed by atoms with Crippen LogP contribution >= 0.6 is 0 Å². The summed E-state index contributed by atoms with van der Waals surface area (Å²) in [5.41, 5.74) is 2.23. The minimum atomic E-state index is -0.443. The molecule has 4 aromatic rings. The summed E-state index contributed by atoms with van der Waals surface area (Å²) in [4.78, 5) is 18.1. The smallest absolute Gasteiger partial charge is 0.276 e. The Bertz CT molecular complexity index is 1080. The number of nitro groups is 1. The van der Waals surface area contributed by atoms with Gasteiger partial charge in [-0.25, -0.2) is 9.37 Å². The molecule has 1 N–H and O–H groups in total. The third kappa shape index (κ3) is 2.46. The van der Waals surface area contributed by atoms with Crippen LogP contribution in [0.2, 0.25) is 0 Å². The molecule has 0 atom stereocenters. The predicted octanol–water partition coefficient (Wildman–Crippen LogP) is 4.85. The highest BCUT2D eigenvalue weighted by Gasteiger charge is 2.23. The van der Waals surface area contributed by atoms with Gasteiger partial charge in [-0.05, 0) is 37.3 Å². The van der Waals surface area contributed by atoms with Gasteiger partial charge in [-0.15, -0.1) is 0 Å². The van der Waals surface area contributed by atoms with Gasteiger partial charge in [-0.3, -0.25) is 10.1 Å². The molecule has 0 radical (unpaired) electrons. The minimum absolute atomic E-state index is 0.0158. The number of rotatable bonds is 3. The maximum Gasteiger partial charge on any atom is 0.276 e. The van der Waals surface area contributed by atoms with E-state index < -0.39 is 4.92 Å². The Hall–Kier alpha value is -3.48. The Morgan fingerprint density at radius 3 is 2.64 bits per heavy atom. The first-order chi connectivity index (χ1) is 12.0. The molecule has 124 valence electrons. The molecule has 0 spiro atoms. The van der Waals surface area contributed by atoms with Gasteiger partial charge in [0.05, 0.1) is 16.6 Å². The predicted molar refractivity (Wildman–Crippen MR) is 90.6 cm³/mol. The number of fused-ring (bicyclic) bond motifs is 1. The van der Waals surface area contributed by atoms with Crippen LogP contribution in [-0.4, -0.2) is 14.9 Å². The summed E-state index contributed by atoms with van der Waals surface area (Å²) >= 11 is 0. The number of nitrogens with one attached hydrogen (secondary N) is 1. The van der Waals surface area contributed by atoms with Gasteiger partial charge in [-0.1, -0.05) is 0 Å². The summed E-state index contributed by atoms with van der Waals surface area (Å²) in [6.45, 7) is 1.67. The number of benzene rings is 2. The van der Waals surface area contributed by atoms with E-state index >= 15 is 0 Å². The second kappa shape index (κ2) is 5.55. The summed E-state index contributed by atoms with van der Waals surface area (Å²) < 4.78 is 19.2. The summed E-state index contributed by atoms with van der Waals surface area (Å²) in [5.74, 6) is 0.696. The molecule has 7 heteroatoms. The molecule has 0 unspecified atom stereocenters. The van der Waals surface area contributed by atoms with Gasteiger partial charge in [0, 0.05) is 28.9 Å². The van der Waals surface area contributed by atoms with Crippen molar-refractivity contribution in [2.45, 2.75) is 6.92 Å². The van der Waals surface area contributed by atoms with Gasteiger partial charge in [0.25, 0.3) is 5.69 Å². The Labute approximate surface area is 141 Å². The van der Waals surface area contributed by atoms with E-state index in [0.717, 1.165) is 0 Å². The second-order valence-electron chi connectivity index (χ2n) is 5.64. The first-order valence-corrected chi connectivity index (χ1v) is 7.52. The molecule has 0 amide bonds. The van der Waals surface area contributed by atoms with Crippen molar-refractivity contribution < 1.29 is 13.7 Å². The highest BCUT2D eigenvalue weighted by atomic mass is 19.1. The minimum Gasteiger partial charge on any atom is -0.455 e. The third-order valence-corrected chi connectivity index (χ3v) is 4.04. The van der Waals surface area contributed by atoms with E-state index in [2.05, 4.69) is 9.97 Å². The molecule has 4 rings (SSSR count). The topological polar surface area (TPSA) is 85.0 Å². The number of furan rings is 1. The number of aryl methyl sites for hydroxylation is 1. The average molecular weight is 337 g/mol. The zero-order chi connectivity index (χ0) is 17.6. The lowest BCUT2D eigenvalue weighted by atomic mass is 10.0. The normalized spacial score (nSPS) is 11.1. The number of hydrogen-bond acceptors (Lipinski definition) is 4. The molecule has 0 bridgehead atoms. The first-order valence-electron chi connectivity index (χ1n) is 7.52. The average Bonchev–Trinajstić information content (AvgIpc) is 3.21. The lowest BCUT2D eigenvalue weighted by molar-refractivity contribution is -0.385. The third-order valence-electron chi connectivity index (χ3n) is 4.04. The lowest BCUT2D eigenvalue weighted by Gasteiger charge is -2.01. The van der Waals surface area contributed by atoms with Gasteiger partial charge in [0.1, 0.15) is 23.0 Å². The first kappa shape index (κ1) is 15.1. The van der Waals surface area contributed by atoms with Crippen molar-refractivity contribution in [2.75, 3.05) is 0 Å². The van der Waals surface area contributed by atoms with Crippen LogP contribution in [0.25, 0.3) is 33.7 Å². The molecule has 0 saturated heterocycles. The monoisotopic (exact) mass is 337 g/mol. The van der Waals surface area contributed by atoms with Gasteiger partial charge < -0.3 is 9.40 Å². The van der Waals surface area contributed by atoms with Crippen molar-refractivity contribution in [1.82, 2.24) is 9.97 Å². The van der Waals surface area contributed by atoms with E-state index in [1.807, 2.05) is 0 Å². The number of hydrogen-bond donors (Lipinski definition) is 1. The van der Waals surface area contributed by atoms with Crippen molar-refractivity contribution in [3.8, 4) is 22.7 Å². The molecule has 0 aliphatic heterocycles. The van der Waals surface area contributed by atoms with Crippen LogP contribution in [0, 0.1) is 22.9 Å². The number of aromatic amines is 1. The number of nitro benzene ring substituents is 1. The highest BCUT2D eigenvalue weighted by Crippen LogP contribution is 2.41. The zero-order valence-electron chi connectivity index (χ0n) is 13.1. The molecule has 0 saturated carbocycles. The molecular formula is C18H12FN3O3. The Morgan fingerprint density at radius 1 is 1.24 bits per heavy atom. The van der Waals surface area contributed by atoms with Gasteiger partial charge in [0.2, 0.25) is 0 Å². The summed E-state index contributed by atoms with van der Waals surface area (Å²) in [7, 11) is 0. The highest BCUT2D eigenvalue weighted by molar-refractivity contribution is 6.01. The zero-order valence-corrected chi connectivity index (χ0v) is 13.1. The van der Waals surface area contributed by atoms with Crippen LogP contribution < -0.4 is 0 Å². The van der Waals surface area contributed by atoms with Crippen molar-refractivity contribution in [3.05, 3.63) is 70.3 Å². The Kier molecular flexibility index (Phi) is 3.35. The summed E-state index contributed by atoms with van der Waals surface area (Å²) in [6.07, 6.45) is 3.29. The van der Waals surface area contributed by atoms with Crippen LogP contribution in [0.5, 0.6) is 0 Å². The van der Waals surface area contributed by atoms with Gasteiger partial charge in [-0.2, -0.15) is 0 Å². The summed E-state index contributed by atoms with van der Waals surface area (Å²) in [5, 5.41) is 11.9. The van der Waals surface area contributed by atoms with E-state index in [1.54, 1.807) is 37.5 Å². The number of halogens is 1. The van der Waals surface area contributed by atoms with Crippen molar-refractivity contribution in [2.24, 2.45) is 0 Å². The molecule has 2 aromatic carbocycles. The fraction of sp³-hybridized carbons (Fsp3) is 0.0556. The van der Waals surface area contributed by atoms with Crippen LogP contribution in [0.1, 0.15) is 5.56 Å². The maximum absolute atomic E-state index is 13.3. The largest absolute Gasteiger partial charge is 0.455 e. The van der Waals surface area contributed by atoms with Crippen LogP contribution in [0.4, 0.5) is 10.1 Å². The quantitative estimate of drug-likeness (QED) is 0.428. The van der Waals surface area contributed by atoms with Crippen LogP contribution in [0.15, 0.2) is 53.2 Å². The maximum atomic E-state index is 13.3. The van der Waals surface area contributed by atoms with E-state index in [-0.39, 0.29) is 11.5 Å². The number of H-pyrrole nitrogens is 1. The molecule has 2 aromatic heterocycles. The van der Waals surface area contributed by atoms with E-state index in [4.69, 9.17) is 4.42 Å². The SMILES string of the molecule is Cc1cc2c(-c3ncc[nH]3)c(-c3ccc(F)cc3)oc2cc1[N+](=O)[O-]. The molecule has 0 fully saturated rings. The number of nitrogens with zero attached hydrogens (tertiary/aromatic N) is 2. The molecule has 0 aliphatic rings. The molecule has 2 heterocycles. The fourth-order valence-electron chi connectivity index (χ4n) is 2.88. The van der Waals surface area contributed by atoms with Gasteiger partial charge in [0.15, 0.2) is 0 Å². The van der Waals surface area contributed by atoms with Gasteiger partial charge >= 0.3 is 0 Å². The van der Waals surface area contributed by atoms with Crippen molar-refractivity contribution in [3.63, 3.8) is 0 Å². The van der Waals surface area contributed by atoms with E-state index in [0.29, 0.717) is 39.2 Å². The summed E-state index contributed by atoms with van der Waals surface area (Å²) in [6, 6.07) is 8.98.